The second-order valence-electron chi connectivity index (χ2n) is 6.76. The molecular weight excluding hydrogens is 320 g/mol. The van der Waals surface area contributed by atoms with Crippen molar-refractivity contribution in [2.24, 2.45) is 11.8 Å². The minimum absolute atomic E-state index is 0.205. The molecule has 2 rings (SSSR count). The molecule has 2 N–H and O–H groups in total. The Kier molecular flexibility index (Phi) is 5.13. The van der Waals surface area contributed by atoms with Gasteiger partial charge in [0.2, 0.25) is 0 Å². The second-order valence-corrected chi connectivity index (χ2v) is 8.18. The normalized spacial score (nSPS) is 22.1. The molecule has 1 aliphatic carbocycles. The van der Waals surface area contributed by atoms with Crippen molar-refractivity contribution >= 4 is 16.1 Å². The molecule has 128 valence electrons. The van der Waals surface area contributed by atoms with Crippen molar-refractivity contribution in [2.75, 3.05) is 0 Å². The molecule has 6 nitrogen and oxygen atoms in total. The van der Waals surface area contributed by atoms with Gasteiger partial charge in [-0.1, -0.05) is 0 Å². The van der Waals surface area contributed by atoms with Crippen molar-refractivity contribution in [3.63, 3.8) is 0 Å². The van der Waals surface area contributed by atoms with Crippen LogP contribution in [-0.4, -0.2) is 29.6 Å². The van der Waals surface area contributed by atoms with E-state index in [1.807, 2.05) is 0 Å². The maximum atomic E-state index is 12.2. The minimum atomic E-state index is -4.25. The number of rotatable bonds is 5. The van der Waals surface area contributed by atoms with Gasteiger partial charge in [-0.3, -0.25) is 9.35 Å². The summed E-state index contributed by atoms with van der Waals surface area (Å²) in [6.07, 6.45) is 2.94. The third kappa shape index (κ3) is 5.30. The first kappa shape index (κ1) is 17.9. The highest BCUT2D eigenvalue weighted by Gasteiger charge is 2.33. The van der Waals surface area contributed by atoms with E-state index < -0.39 is 15.7 Å². The molecule has 0 spiro atoms. The van der Waals surface area contributed by atoms with Crippen LogP contribution in [0.1, 0.15) is 39.5 Å². The Morgan fingerprint density at radius 3 is 2.39 bits per heavy atom. The fourth-order valence-electron chi connectivity index (χ4n) is 3.06. The van der Waals surface area contributed by atoms with Crippen LogP contribution in [0.25, 0.3) is 0 Å². The van der Waals surface area contributed by atoms with Crippen molar-refractivity contribution < 1.29 is 27.6 Å². The predicted octanol–water partition coefficient (Wildman–Crippen LogP) is 2.42. The average molecular weight is 342 g/mol. The van der Waals surface area contributed by atoms with Crippen LogP contribution >= 0.6 is 0 Å². The minimum Gasteiger partial charge on any atom is -0.426 e. The van der Waals surface area contributed by atoms with Gasteiger partial charge in [0, 0.05) is 0 Å². The summed E-state index contributed by atoms with van der Waals surface area (Å²) in [7, 11) is -4.25. The van der Waals surface area contributed by atoms with Crippen molar-refractivity contribution in [1.29, 1.82) is 0 Å². The Hall–Kier alpha value is -1.44. The molecule has 2 atom stereocenters. The van der Waals surface area contributed by atoms with Crippen LogP contribution in [0.3, 0.4) is 0 Å². The Morgan fingerprint density at radius 1 is 1.26 bits per heavy atom. The van der Waals surface area contributed by atoms with Crippen LogP contribution < -0.4 is 4.74 Å². The number of benzene rings is 1. The fourth-order valence-corrected chi connectivity index (χ4v) is 3.54. The summed E-state index contributed by atoms with van der Waals surface area (Å²) >= 11 is 0. The number of carbonyl (C=O) groups is 1. The van der Waals surface area contributed by atoms with Crippen LogP contribution in [-0.2, 0) is 14.9 Å². The van der Waals surface area contributed by atoms with E-state index in [2.05, 4.69) is 0 Å². The largest absolute Gasteiger partial charge is 0.426 e. The lowest BCUT2D eigenvalue weighted by atomic mass is 9.92. The van der Waals surface area contributed by atoms with E-state index in [-0.39, 0.29) is 22.5 Å². The van der Waals surface area contributed by atoms with Crippen LogP contribution in [0.2, 0.25) is 0 Å². The lowest BCUT2D eigenvalue weighted by Gasteiger charge is -2.21. The molecule has 1 aliphatic rings. The van der Waals surface area contributed by atoms with Crippen molar-refractivity contribution in [3.8, 4) is 5.75 Å². The quantitative estimate of drug-likeness (QED) is 0.484. The van der Waals surface area contributed by atoms with E-state index in [4.69, 9.17) is 9.29 Å². The molecule has 0 saturated heterocycles. The van der Waals surface area contributed by atoms with Gasteiger partial charge in [0.25, 0.3) is 10.1 Å². The Morgan fingerprint density at radius 2 is 1.87 bits per heavy atom. The fraction of sp³-hybridized carbons (Fsp3) is 0.562. The smallest absolute Gasteiger partial charge is 0.314 e. The average Bonchev–Trinajstić information content (AvgIpc) is 2.84. The zero-order valence-corrected chi connectivity index (χ0v) is 14.0. The molecule has 0 aromatic heterocycles. The number of aliphatic hydroxyl groups is 1. The van der Waals surface area contributed by atoms with Gasteiger partial charge in [0.1, 0.15) is 5.75 Å². The highest BCUT2D eigenvalue weighted by atomic mass is 32.2. The summed E-state index contributed by atoms with van der Waals surface area (Å²) in [5, 5.41) is 9.84. The Bertz CT molecular complexity index is 657. The van der Waals surface area contributed by atoms with Gasteiger partial charge in [-0.15, -0.1) is 0 Å². The number of hydrogen-bond acceptors (Lipinski definition) is 5. The number of esters is 1. The van der Waals surface area contributed by atoms with E-state index in [0.717, 1.165) is 12.8 Å². The van der Waals surface area contributed by atoms with Gasteiger partial charge in [-0.05, 0) is 69.7 Å². The first-order valence-electron chi connectivity index (χ1n) is 7.56. The van der Waals surface area contributed by atoms with Gasteiger partial charge in [0.15, 0.2) is 0 Å². The summed E-state index contributed by atoms with van der Waals surface area (Å²) < 4.78 is 36.1. The summed E-state index contributed by atoms with van der Waals surface area (Å²) in [6, 6.07) is 5.04. The maximum Gasteiger partial charge on any atom is 0.314 e. The molecule has 23 heavy (non-hydrogen) atoms. The number of carbonyl (C=O) groups excluding carboxylic acids is 1. The van der Waals surface area contributed by atoms with Gasteiger partial charge >= 0.3 is 5.97 Å². The van der Waals surface area contributed by atoms with Crippen LogP contribution in [0.4, 0.5) is 0 Å². The Labute approximate surface area is 136 Å². The van der Waals surface area contributed by atoms with E-state index in [0.29, 0.717) is 18.8 Å². The Balaban J connectivity index is 1.93. The van der Waals surface area contributed by atoms with E-state index in [9.17, 15) is 18.3 Å². The zero-order chi connectivity index (χ0) is 17.3. The van der Waals surface area contributed by atoms with Crippen molar-refractivity contribution in [3.05, 3.63) is 24.3 Å². The first-order chi connectivity index (χ1) is 10.5. The van der Waals surface area contributed by atoms with E-state index in [1.54, 1.807) is 13.8 Å². The summed E-state index contributed by atoms with van der Waals surface area (Å²) in [6.45, 7) is 3.52. The molecule has 0 aliphatic heterocycles. The summed E-state index contributed by atoms with van der Waals surface area (Å²) in [4.78, 5) is 11.9. The number of hydrogen-bond donors (Lipinski definition) is 2. The molecule has 2 unspecified atom stereocenters. The summed E-state index contributed by atoms with van der Waals surface area (Å²) in [5.41, 5.74) is -0.741. The predicted molar refractivity (Wildman–Crippen MR) is 83.6 cm³/mol. The van der Waals surface area contributed by atoms with Crippen LogP contribution in [0.5, 0.6) is 5.75 Å². The highest BCUT2D eigenvalue weighted by Crippen LogP contribution is 2.36. The first-order valence-corrected chi connectivity index (χ1v) is 9.00. The topological polar surface area (TPSA) is 101 Å². The monoisotopic (exact) mass is 342 g/mol. The molecule has 1 aromatic rings. The van der Waals surface area contributed by atoms with E-state index in [1.165, 1.54) is 24.3 Å². The third-order valence-corrected chi connectivity index (χ3v) is 4.87. The second kappa shape index (κ2) is 6.59. The molecule has 1 saturated carbocycles. The lowest BCUT2D eigenvalue weighted by Crippen LogP contribution is -2.23. The van der Waals surface area contributed by atoms with Crippen molar-refractivity contribution in [1.82, 2.24) is 0 Å². The standard InChI is InChI=1S/C16H22O6S/c1-16(2,18)10-11-3-4-12(9-11)15(17)22-13-5-7-14(8-6-13)23(19,20)21/h5-8,11-12,18H,3-4,9-10H2,1-2H3,(H,19,20,21). The molecule has 0 heterocycles. The SMILES string of the molecule is CC(C)(O)CC1CCC(C(=O)Oc2ccc(S(=O)(=O)O)cc2)C1. The van der Waals surface area contributed by atoms with Crippen LogP contribution in [0.15, 0.2) is 29.2 Å². The van der Waals surface area contributed by atoms with Crippen molar-refractivity contribution in [2.45, 2.75) is 50.0 Å². The molecule has 0 amide bonds. The van der Waals surface area contributed by atoms with Crippen LogP contribution in [0, 0.1) is 11.8 Å². The molecule has 7 heteroatoms. The molecular formula is C16H22O6S. The van der Waals surface area contributed by atoms with Gasteiger partial charge < -0.3 is 9.84 Å². The van der Waals surface area contributed by atoms with E-state index >= 15 is 0 Å². The third-order valence-electron chi connectivity index (χ3n) is 4.00. The molecule has 1 aromatic carbocycles. The van der Waals surface area contributed by atoms with Gasteiger partial charge in [0.05, 0.1) is 16.4 Å². The van der Waals surface area contributed by atoms with Gasteiger partial charge in [-0.2, -0.15) is 8.42 Å². The molecule has 0 bridgehead atoms. The zero-order valence-electron chi connectivity index (χ0n) is 13.2. The maximum absolute atomic E-state index is 12.2. The summed E-state index contributed by atoms with van der Waals surface area (Å²) in [5.74, 6) is -0.00533. The molecule has 1 fully saturated rings. The number of ether oxygens (including phenoxy) is 1. The molecule has 0 radical (unpaired) electrons. The highest BCUT2D eigenvalue weighted by molar-refractivity contribution is 7.85. The lowest BCUT2D eigenvalue weighted by molar-refractivity contribution is -0.138. The van der Waals surface area contributed by atoms with Gasteiger partial charge in [-0.25, -0.2) is 0 Å².